The number of likely N-dealkylation sites (tertiary alicyclic amines) is 1. The summed E-state index contributed by atoms with van der Waals surface area (Å²) in [5.74, 6) is 1.19. The van der Waals surface area contributed by atoms with Crippen molar-refractivity contribution in [1.82, 2.24) is 14.5 Å². The van der Waals surface area contributed by atoms with Crippen molar-refractivity contribution < 1.29 is 0 Å². The van der Waals surface area contributed by atoms with Gasteiger partial charge in [0.1, 0.15) is 5.82 Å². The van der Waals surface area contributed by atoms with Gasteiger partial charge in [-0.1, -0.05) is 0 Å². The molecule has 2 rings (SSSR count). The van der Waals surface area contributed by atoms with E-state index in [9.17, 15) is 0 Å². The van der Waals surface area contributed by atoms with E-state index < -0.39 is 0 Å². The first-order valence-corrected chi connectivity index (χ1v) is 4.97. The van der Waals surface area contributed by atoms with E-state index in [1.54, 1.807) is 0 Å². The van der Waals surface area contributed by atoms with E-state index in [1.807, 2.05) is 6.20 Å². The van der Waals surface area contributed by atoms with Crippen LogP contribution in [0, 0.1) is 6.92 Å². The number of nitrogens with zero attached hydrogens (tertiary/aromatic N) is 3. The number of imidazole rings is 1. The average molecular weight is 179 g/mol. The standard InChI is InChI=1S/C10H17N3/c1-9-7-11-10(12(9)2)8-13-5-3-4-6-13/h7H,3-6,8H2,1-2H3. The second-order valence-corrected chi connectivity index (χ2v) is 3.86. The first kappa shape index (κ1) is 8.75. The van der Waals surface area contributed by atoms with E-state index in [4.69, 9.17) is 0 Å². The summed E-state index contributed by atoms with van der Waals surface area (Å²) < 4.78 is 2.18. The molecular weight excluding hydrogens is 162 g/mol. The lowest BCUT2D eigenvalue weighted by molar-refractivity contribution is 0.318. The molecule has 0 radical (unpaired) electrons. The summed E-state index contributed by atoms with van der Waals surface area (Å²) in [5, 5.41) is 0. The van der Waals surface area contributed by atoms with Gasteiger partial charge >= 0.3 is 0 Å². The zero-order valence-electron chi connectivity index (χ0n) is 8.45. The largest absolute Gasteiger partial charge is 0.334 e. The Morgan fingerprint density at radius 3 is 2.62 bits per heavy atom. The lowest BCUT2D eigenvalue weighted by atomic mass is 10.4. The van der Waals surface area contributed by atoms with Crippen LogP contribution >= 0.6 is 0 Å². The molecule has 1 aliphatic heterocycles. The molecule has 1 aliphatic rings. The van der Waals surface area contributed by atoms with Crippen LogP contribution in [0.25, 0.3) is 0 Å². The third-order valence-electron chi connectivity index (χ3n) is 2.88. The Balaban J connectivity index is 2.04. The van der Waals surface area contributed by atoms with Crippen LogP contribution in [0.4, 0.5) is 0 Å². The first-order chi connectivity index (χ1) is 6.27. The van der Waals surface area contributed by atoms with Crippen molar-refractivity contribution in [3.63, 3.8) is 0 Å². The number of aromatic nitrogens is 2. The van der Waals surface area contributed by atoms with Gasteiger partial charge in [0.2, 0.25) is 0 Å². The lowest BCUT2D eigenvalue weighted by Gasteiger charge is -2.13. The molecule has 72 valence electrons. The van der Waals surface area contributed by atoms with Crippen LogP contribution < -0.4 is 0 Å². The lowest BCUT2D eigenvalue weighted by Crippen LogP contribution is -2.20. The molecule has 1 aromatic heterocycles. The molecule has 0 aliphatic carbocycles. The van der Waals surface area contributed by atoms with Gasteiger partial charge in [0.15, 0.2) is 0 Å². The number of rotatable bonds is 2. The zero-order valence-corrected chi connectivity index (χ0v) is 8.45. The average Bonchev–Trinajstić information content (AvgIpc) is 2.71. The Morgan fingerprint density at radius 2 is 2.08 bits per heavy atom. The van der Waals surface area contributed by atoms with Gasteiger partial charge in [-0.25, -0.2) is 4.98 Å². The molecule has 3 heteroatoms. The monoisotopic (exact) mass is 179 g/mol. The van der Waals surface area contributed by atoms with Crippen molar-refractivity contribution in [1.29, 1.82) is 0 Å². The summed E-state index contributed by atoms with van der Waals surface area (Å²) >= 11 is 0. The first-order valence-electron chi connectivity index (χ1n) is 4.97. The Morgan fingerprint density at radius 1 is 1.38 bits per heavy atom. The highest BCUT2D eigenvalue weighted by Crippen LogP contribution is 2.11. The van der Waals surface area contributed by atoms with Crippen LogP contribution in [-0.4, -0.2) is 27.5 Å². The molecule has 0 unspecified atom stereocenters. The van der Waals surface area contributed by atoms with E-state index in [1.165, 1.54) is 37.4 Å². The van der Waals surface area contributed by atoms with Gasteiger partial charge in [-0.2, -0.15) is 0 Å². The van der Waals surface area contributed by atoms with E-state index in [0.717, 1.165) is 6.54 Å². The topological polar surface area (TPSA) is 21.1 Å². The van der Waals surface area contributed by atoms with Crippen LogP contribution in [0.1, 0.15) is 24.4 Å². The van der Waals surface area contributed by atoms with Gasteiger partial charge < -0.3 is 4.57 Å². The molecule has 0 spiro atoms. The molecule has 0 bridgehead atoms. The third-order valence-corrected chi connectivity index (χ3v) is 2.88. The normalized spacial score (nSPS) is 18.3. The molecule has 1 aromatic rings. The summed E-state index contributed by atoms with van der Waals surface area (Å²) in [5.41, 5.74) is 1.24. The van der Waals surface area contributed by atoms with E-state index in [2.05, 4.69) is 28.4 Å². The van der Waals surface area contributed by atoms with Crippen molar-refractivity contribution in [2.75, 3.05) is 13.1 Å². The minimum absolute atomic E-state index is 1.02. The summed E-state index contributed by atoms with van der Waals surface area (Å²) in [6.45, 7) is 5.60. The smallest absolute Gasteiger partial charge is 0.122 e. The third kappa shape index (κ3) is 1.75. The number of hydrogen-bond acceptors (Lipinski definition) is 2. The molecule has 1 fully saturated rings. The molecule has 0 saturated carbocycles. The summed E-state index contributed by atoms with van der Waals surface area (Å²) in [6.07, 6.45) is 4.65. The Kier molecular flexibility index (Phi) is 2.36. The molecule has 0 aromatic carbocycles. The zero-order chi connectivity index (χ0) is 9.26. The highest BCUT2D eigenvalue weighted by molar-refractivity contribution is 5.02. The summed E-state index contributed by atoms with van der Waals surface area (Å²) in [7, 11) is 2.09. The van der Waals surface area contributed by atoms with Crippen molar-refractivity contribution in [3.8, 4) is 0 Å². The minimum atomic E-state index is 1.02. The predicted octanol–water partition coefficient (Wildman–Crippen LogP) is 1.32. The summed E-state index contributed by atoms with van der Waals surface area (Å²) in [6, 6.07) is 0. The maximum atomic E-state index is 4.40. The predicted molar refractivity (Wildman–Crippen MR) is 52.5 cm³/mol. The quantitative estimate of drug-likeness (QED) is 0.683. The van der Waals surface area contributed by atoms with Crippen LogP contribution in [-0.2, 0) is 13.6 Å². The molecular formula is C10H17N3. The molecule has 13 heavy (non-hydrogen) atoms. The fraction of sp³-hybridized carbons (Fsp3) is 0.700. The molecule has 1 saturated heterocycles. The molecule has 3 nitrogen and oxygen atoms in total. The van der Waals surface area contributed by atoms with Gasteiger partial charge in [0.05, 0.1) is 6.54 Å². The van der Waals surface area contributed by atoms with Crippen LogP contribution in [0.3, 0.4) is 0 Å². The SMILES string of the molecule is Cc1cnc(CN2CCCC2)n1C. The fourth-order valence-electron chi connectivity index (χ4n) is 1.83. The van der Waals surface area contributed by atoms with Crippen molar-refractivity contribution >= 4 is 0 Å². The van der Waals surface area contributed by atoms with E-state index >= 15 is 0 Å². The van der Waals surface area contributed by atoms with E-state index in [0.29, 0.717) is 0 Å². The maximum Gasteiger partial charge on any atom is 0.122 e. The second-order valence-electron chi connectivity index (χ2n) is 3.86. The minimum Gasteiger partial charge on any atom is -0.334 e. The molecule has 2 heterocycles. The van der Waals surface area contributed by atoms with Gasteiger partial charge in [-0.3, -0.25) is 4.90 Å². The number of aryl methyl sites for hydroxylation is 1. The number of hydrogen-bond donors (Lipinski definition) is 0. The Bertz CT molecular complexity index is 284. The Labute approximate surface area is 79.4 Å². The highest BCUT2D eigenvalue weighted by atomic mass is 15.2. The molecule has 0 amide bonds. The van der Waals surface area contributed by atoms with Crippen molar-refractivity contribution in [2.45, 2.75) is 26.3 Å². The van der Waals surface area contributed by atoms with Gasteiger partial charge in [0.25, 0.3) is 0 Å². The maximum absolute atomic E-state index is 4.40. The van der Waals surface area contributed by atoms with E-state index in [-0.39, 0.29) is 0 Å². The second kappa shape index (κ2) is 3.50. The highest BCUT2D eigenvalue weighted by Gasteiger charge is 2.14. The van der Waals surface area contributed by atoms with Gasteiger partial charge in [-0.15, -0.1) is 0 Å². The fourth-order valence-corrected chi connectivity index (χ4v) is 1.83. The van der Waals surface area contributed by atoms with Gasteiger partial charge in [-0.05, 0) is 32.9 Å². The molecule has 0 atom stereocenters. The van der Waals surface area contributed by atoms with Crippen molar-refractivity contribution in [3.05, 3.63) is 17.7 Å². The van der Waals surface area contributed by atoms with Crippen LogP contribution in [0.15, 0.2) is 6.20 Å². The van der Waals surface area contributed by atoms with Crippen LogP contribution in [0.5, 0.6) is 0 Å². The Hall–Kier alpha value is -0.830. The summed E-state index contributed by atoms with van der Waals surface area (Å²) in [4.78, 5) is 6.87. The van der Waals surface area contributed by atoms with Crippen LogP contribution in [0.2, 0.25) is 0 Å². The molecule has 0 N–H and O–H groups in total. The van der Waals surface area contributed by atoms with Crippen molar-refractivity contribution in [2.24, 2.45) is 7.05 Å². The van der Waals surface area contributed by atoms with Gasteiger partial charge in [0, 0.05) is 18.9 Å².